The number of aliphatic imine (C=N–C) groups is 1. The third kappa shape index (κ3) is 1.53. The zero-order valence-electron chi connectivity index (χ0n) is 7.87. The fraction of sp³-hybridized carbons (Fsp3) is 0.900. The lowest BCUT2D eigenvalue weighted by molar-refractivity contribution is 0.221. The molecule has 0 radical (unpaired) electrons. The average molecular weight is 166 g/mol. The Hall–Kier alpha value is -0.370. The summed E-state index contributed by atoms with van der Waals surface area (Å²) < 4.78 is 0. The van der Waals surface area contributed by atoms with E-state index in [1.54, 1.807) is 0 Å². The van der Waals surface area contributed by atoms with Crippen LogP contribution >= 0.6 is 0 Å². The molecular weight excluding hydrogens is 148 g/mol. The fourth-order valence-electron chi connectivity index (χ4n) is 2.53. The van der Waals surface area contributed by atoms with Crippen LogP contribution in [0.5, 0.6) is 0 Å². The van der Waals surface area contributed by atoms with Crippen LogP contribution in [0.1, 0.15) is 25.7 Å². The van der Waals surface area contributed by atoms with Crippen molar-refractivity contribution in [3.05, 3.63) is 0 Å². The van der Waals surface area contributed by atoms with E-state index in [2.05, 4.69) is 23.2 Å². The molecule has 2 rings (SSSR count). The fourth-order valence-corrected chi connectivity index (χ4v) is 2.53. The molecule has 0 aliphatic carbocycles. The minimum atomic E-state index is 0.836. The van der Waals surface area contributed by atoms with E-state index >= 15 is 0 Å². The Kier molecular flexibility index (Phi) is 2.45. The van der Waals surface area contributed by atoms with Crippen molar-refractivity contribution in [3.63, 3.8) is 0 Å². The molecule has 2 nitrogen and oxygen atoms in total. The minimum Gasteiger partial charge on any atom is -0.303 e. The van der Waals surface area contributed by atoms with E-state index in [1.165, 1.54) is 32.2 Å². The zero-order chi connectivity index (χ0) is 8.39. The maximum absolute atomic E-state index is 4.39. The van der Waals surface area contributed by atoms with Crippen LogP contribution in [0.15, 0.2) is 4.99 Å². The Morgan fingerprint density at radius 2 is 2.33 bits per heavy atom. The van der Waals surface area contributed by atoms with E-state index in [0.717, 1.165) is 18.5 Å². The maximum Gasteiger partial charge on any atom is 0.0428 e. The molecule has 0 aromatic rings. The predicted octanol–water partition coefficient (Wildman–Crippen LogP) is 1.56. The van der Waals surface area contributed by atoms with Crippen LogP contribution in [0.4, 0.5) is 0 Å². The summed E-state index contributed by atoms with van der Waals surface area (Å²) in [6.45, 7) is 2.37. The molecule has 0 bridgehead atoms. The van der Waals surface area contributed by atoms with E-state index in [-0.39, 0.29) is 0 Å². The summed E-state index contributed by atoms with van der Waals surface area (Å²) in [7, 11) is 2.26. The van der Waals surface area contributed by atoms with E-state index in [0.29, 0.717) is 0 Å². The molecular formula is C10H18N2. The van der Waals surface area contributed by atoms with Crippen molar-refractivity contribution >= 4 is 6.21 Å². The molecule has 2 aliphatic rings. The Morgan fingerprint density at radius 1 is 1.42 bits per heavy atom. The van der Waals surface area contributed by atoms with Crippen molar-refractivity contribution in [2.75, 3.05) is 20.1 Å². The molecule has 1 fully saturated rings. The van der Waals surface area contributed by atoms with E-state index < -0.39 is 0 Å². The largest absolute Gasteiger partial charge is 0.303 e. The van der Waals surface area contributed by atoms with Crippen molar-refractivity contribution in [2.45, 2.75) is 31.7 Å². The standard InChI is InChI=1S/C10H18N2/c1-12-7-3-5-10(12)9-4-2-6-11-8-9/h6,9-10H,2-5,7-8H2,1H3. The number of nitrogens with zero attached hydrogens (tertiary/aromatic N) is 2. The van der Waals surface area contributed by atoms with Crippen LogP contribution in [0.3, 0.4) is 0 Å². The van der Waals surface area contributed by atoms with Crippen LogP contribution in [-0.4, -0.2) is 37.3 Å². The Morgan fingerprint density at radius 3 is 2.92 bits per heavy atom. The van der Waals surface area contributed by atoms with Crippen molar-refractivity contribution < 1.29 is 0 Å². The van der Waals surface area contributed by atoms with Crippen LogP contribution < -0.4 is 0 Å². The van der Waals surface area contributed by atoms with E-state index in [1.807, 2.05) is 0 Å². The van der Waals surface area contributed by atoms with Gasteiger partial charge >= 0.3 is 0 Å². The Balaban J connectivity index is 1.94. The lowest BCUT2D eigenvalue weighted by Gasteiger charge is -2.29. The van der Waals surface area contributed by atoms with Gasteiger partial charge in [-0.2, -0.15) is 0 Å². The summed E-state index contributed by atoms with van der Waals surface area (Å²) in [4.78, 5) is 6.91. The average Bonchev–Trinajstić information content (AvgIpc) is 2.53. The first kappa shape index (κ1) is 8.24. The Labute approximate surface area is 74.7 Å². The molecule has 12 heavy (non-hydrogen) atoms. The van der Waals surface area contributed by atoms with Gasteiger partial charge in [-0.05, 0) is 51.4 Å². The summed E-state index contributed by atoms with van der Waals surface area (Å²) in [5.41, 5.74) is 0. The number of hydrogen-bond donors (Lipinski definition) is 0. The molecule has 0 aromatic heterocycles. The smallest absolute Gasteiger partial charge is 0.0428 e. The third-order valence-corrected chi connectivity index (χ3v) is 3.26. The summed E-state index contributed by atoms with van der Waals surface area (Å²) in [6, 6.07) is 0.836. The van der Waals surface area contributed by atoms with Crippen molar-refractivity contribution in [1.29, 1.82) is 0 Å². The van der Waals surface area contributed by atoms with Gasteiger partial charge in [0, 0.05) is 12.6 Å². The molecule has 2 heteroatoms. The number of hydrogen-bond acceptors (Lipinski definition) is 2. The third-order valence-electron chi connectivity index (χ3n) is 3.26. The maximum atomic E-state index is 4.39. The van der Waals surface area contributed by atoms with Gasteiger partial charge < -0.3 is 4.90 Å². The summed E-state index contributed by atoms with van der Waals surface area (Å²) in [5.74, 6) is 0.850. The second-order valence-corrected chi connectivity index (χ2v) is 4.08. The second kappa shape index (κ2) is 3.56. The highest BCUT2D eigenvalue weighted by atomic mass is 15.2. The minimum absolute atomic E-state index is 0.836. The predicted molar refractivity (Wildman–Crippen MR) is 51.7 cm³/mol. The highest BCUT2D eigenvalue weighted by Gasteiger charge is 2.29. The van der Waals surface area contributed by atoms with Crippen LogP contribution in [-0.2, 0) is 0 Å². The monoisotopic (exact) mass is 166 g/mol. The lowest BCUT2D eigenvalue weighted by Crippen LogP contribution is -2.35. The molecule has 1 saturated heterocycles. The van der Waals surface area contributed by atoms with Gasteiger partial charge in [-0.15, -0.1) is 0 Å². The number of likely N-dealkylation sites (tertiary alicyclic amines) is 1. The first-order valence-electron chi connectivity index (χ1n) is 5.06. The van der Waals surface area contributed by atoms with Gasteiger partial charge in [0.15, 0.2) is 0 Å². The summed E-state index contributed by atoms with van der Waals surface area (Å²) >= 11 is 0. The SMILES string of the molecule is CN1CCCC1C1CCC=NC1. The lowest BCUT2D eigenvalue weighted by atomic mass is 9.91. The van der Waals surface area contributed by atoms with Gasteiger partial charge in [-0.25, -0.2) is 0 Å². The van der Waals surface area contributed by atoms with Crippen LogP contribution in [0.2, 0.25) is 0 Å². The molecule has 0 spiro atoms. The first-order chi connectivity index (χ1) is 5.88. The van der Waals surface area contributed by atoms with Crippen LogP contribution in [0, 0.1) is 5.92 Å². The van der Waals surface area contributed by atoms with Gasteiger partial charge in [0.25, 0.3) is 0 Å². The first-order valence-corrected chi connectivity index (χ1v) is 5.06. The summed E-state index contributed by atoms with van der Waals surface area (Å²) in [5, 5.41) is 0. The van der Waals surface area contributed by atoms with E-state index in [9.17, 15) is 0 Å². The molecule has 2 unspecified atom stereocenters. The molecule has 68 valence electrons. The normalized spacial score (nSPS) is 37.4. The van der Waals surface area contributed by atoms with Gasteiger partial charge in [0.1, 0.15) is 0 Å². The van der Waals surface area contributed by atoms with Gasteiger partial charge in [0.05, 0.1) is 0 Å². The molecule has 0 N–H and O–H groups in total. The molecule has 2 atom stereocenters. The number of rotatable bonds is 1. The molecule has 0 saturated carbocycles. The summed E-state index contributed by atoms with van der Waals surface area (Å²) in [6.07, 6.45) is 7.44. The molecule has 2 aliphatic heterocycles. The highest BCUT2D eigenvalue weighted by Crippen LogP contribution is 2.26. The van der Waals surface area contributed by atoms with Crippen LogP contribution in [0.25, 0.3) is 0 Å². The van der Waals surface area contributed by atoms with Gasteiger partial charge in [-0.3, -0.25) is 4.99 Å². The second-order valence-electron chi connectivity index (χ2n) is 4.08. The topological polar surface area (TPSA) is 15.6 Å². The highest BCUT2D eigenvalue weighted by molar-refractivity contribution is 5.57. The van der Waals surface area contributed by atoms with Crippen molar-refractivity contribution in [2.24, 2.45) is 10.9 Å². The van der Waals surface area contributed by atoms with Crippen molar-refractivity contribution in [3.8, 4) is 0 Å². The van der Waals surface area contributed by atoms with Gasteiger partial charge in [0.2, 0.25) is 0 Å². The molecule has 0 amide bonds. The van der Waals surface area contributed by atoms with Crippen molar-refractivity contribution in [1.82, 2.24) is 4.90 Å². The zero-order valence-corrected chi connectivity index (χ0v) is 7.87. The van der Waals surface area contributed by atoms with E-state index in [4.69, 9.17) is 0 Å². The quantitative estimate of drug-likeness (QED) is 0.577. The Bertz CT molecular complexity index is 177. The van der Waals surface area contributed by atoms with Gasteiger partial charge in [-0.1, -0.05) is 0 Å². The molecule has 0 aromatic carbocycles. The molecule has 2 heterocycles.